The Hall–Kier alpha value is -4.86. The van der Waals surface area contributed by atoms with Crippen LogP contribution in [-0.4, -0.2) is 54.8 Å². The zero-order chi connectivity index (χ0) is 34.1. The summed E-state index contributed by atoms with van der Waals surface area (Å²) in [5.74, 6) is 0.452. The smallest absolute Gasteiger partial charge is 0.337 e. The van der Waals surface area contributed by atoms with E-state index in [9.17, 15) is 24.8 Å². The van der Waals surface area contributed by atoms with E-state index in [4.69, 9.17) is 30.5 Å². The Bertz CT molecular complexity index is 1700. The molecule has 0 bridgehead atoms. The molecule has 4 N–H and O–H groups in total. The van der Waals surface area contributed by atoms with Crippen LogP contribution in [0.3, 0.4) is 0 Å². The van der Waals surface area contributed by atoms with Crippen LogP contribution in [0.1, 0.15) is 36.6 Å². The molecule has 3 aromatic carbocycles. The van der Waals surface area contributed by atoms with Gasteiger partial charge in [-0.1, -0.05) is 17.7 Å². The van der Waals surface area contributed by atoms with Gasteiger partial charge in [0.25, 0.3) is 5.69 Å². The number of nitrogens with zero attached hydrogens (tertiary/aromatic N) is 2. The maximum atomic E-state index is 12.5. The Morgan fingerprint density at radius 2 is 1.91 bits per heavy atom. The van der Waals surface area contributed by atoms with Crippen molar-refractivity contribution in [1.82, 2.24) is 16.1 Å². The second kappa shape index (κ2) is 16.1. The molecule has 0 saturated carbocycles. The summed E-state index contributed by atoms with van der Waals surface area (Å²) in [5, 5.41) is 31.2. The number of aliphatic hydroxyl groups excluding tert-OH is 1. The number of nitro benzene ring substituents is 1. The van der Waals surface area contributed by atoms with Crippen LogP contribution < -0.4 is 30.3 Å². The molecule has 16 heteroatoms. The highest BCUT2D eigenvalue weighted by Crippen LogP contribution is 2.35. The molecule has 47 heavy (non-hydrogen) atoms. The van der Waals surface area contributed by atoms with Crippen molar-refractivity contribution in [3.8, 4) is 17.2 Å². The van der Waals surface area contributed by atoms with Crippen molar-refractivity contribution in [2.45, 2.75) is 32.7 Å². The summed E-state index contributed by atoms with van der Waals surface area (Å²) < 4.78 is 23.0. The maximum absolute atomic E-state index is 12.5. The Kier molecular flexibility index (Phi) is 12.0. The van der Waals surface area contributed by atoms with Gasteiger partial charge in [0.1, 0.15) is 19.0 Å². The molecule has 0 unspecified atom stereocenters. The number of carbonyl (C=O) groups is 2. The van der Waals surface area contributed by atoms with Crippen LogP contribution >= 0.6 is 27.5 Å². The lowest BCUT2D eigenvalue weighted by Crippen LogP contribution is -2.45. The average molecular weight is 733 g/mol. The number of carbonyl (C=O) groups excluding carboxylic acids is 2. The first kappa shape index (κ1) is 35.0. The van der Waals surface area contributed by atoms with Crippen molar-refractivity contribution >= 4 is 51.4 Å². The lowest BCUT2D eigenvalue weighted by Gasteiger charge is -2.28. The summed E-state index contributed by atoms with van der Waals surface area (Å²) in [4.78, 5) is 35.1. The highest BCUT2D eigenvalue weighted by atomic mass is 79.9. The monoisotopic (exact) mass is 731 g/mol. The second-order valence-electron chi connectivity index (χ2n) is 9.93. The molecule has 2 amide bonds. The largest absolute Gasteiger partial charge is 0.490 e. The fourth-order valence-electron chi connectivity index (χ4n) is 4.51. The lowest BCUT2D eigenvalue weighted by atomic mass is 9.95. The average Bonchev–Trinajstić information content (AvgIpc) is 3.03. The number of nitrogens with one attached hydrogen (secondary N) is 3. The van der Waals surface area contributed by atoms with E-state index in [1.807, 2.05) is 0 Å². The highest BCUT2D eigenvalue weighted by Gasteiger charge is 2.32. The molecule has 4 rings (SSSR count). The van der Waals surface area contributed by atoms with Crippen molar-refractivity contribution in [2.24, 2.45) is 5.10 Å². The van der Waals surface area contributed by atoms with Crippen molar-refractivity contribution in [1.29, 1.82) is 0 Å². The number of rotatable bonds is 14. The molecule has 1 aliphatic heterocycles. The number of nitro groups is 1. The number of ether oxygens (including phenoxy) is 4. The van der Waals surface area contributed by atoms with Gasteiger partial charge in [-0.15, -0.1) is 0 Å². The van der Waals surface area contributed by atoms with Gasteiger partial charge < -0.3 is 34.7 Å². The molecule has 0 fully saturated rings. The quantitative estimate of drug-likeness (QED) is 0.0572. The first-order valence-electron chi connectivity index (χ1n) is 14.1. The molecule has 0 saturated heterocycles. The number of halogens is 2. The van der Waals surface area contributed by atoms with Crippen molar-refractivity contribution in [3.05, 3.63) is 102 Å². The first-order valence-corrected chi connectivity index (χ1v) is 15.3. The van der Waals surface area contributed by atoms with E-state index >= 15 is 0 Å². The number of methoxy groups -OCH3 is 1. The van der Waals surface area contributed by atoms with Gasteiger partial charge in [-0.25, -0.2) is 9.59 Å². The molecule has 0 aromatic heterocycles. The third kappa shape index (κ3) is 9.12. The number of allylic oxidation sites excluding steroid dienone is 1. The summed E-state index contributed by atoms with van der Waals surface area (Å²) in [5.41, 5.74) is 4.91. The summed E-state index contributed by atoms with van der Waals surface area (Å²) in [6.45, 7) is 3.59. The summed E-state index contributed by atoms with van der Waals surface area (Å²) in [6.07, 6.45) is 0.167. The number of non-ortho nitro benzene ring substituents is 1. The number of hydrogen-bond acceptors (Lipinski definition) is 11. The normalized spacial score (nSPS) is 15.0. The molecule has 0 spiro atoms. The summed E-state index contributed by atoms with van der Waals surface area (Å²) >= 11 is 9.66. The minimum atomic E-state index is -1.24. The van der Waals surface area contributed by atoms with Crippen molar-refractivity contribution in [2.75, 3.05) is 20.3 Å². The van der Waals surface area contributed by atoms with Gasteiger partial charge in [0, 0.05) is 28.4 Å². The molecular formula is C31H31BrClN5O9. The van der Waals surface area contributed by atoms with Crippen LogP contribution in [0.25, 0.3) is 0 Å². The van der Waals surface area contributed by atoms with Crippen LogP contribution in [0.2, 0.25) is 5.02 Å². The van der Waals surface area contributed by atoms with Crippen molar-refractivity contribution < 1.29 is 38.6 Å². The molecule has 0 radical (unpaired) electrons. The Labute approximate surface area is 283 Å². The fourth-order valence-corrected chi connectivity index (χ4v) is 5.46. The predicted molar refractivity (Wildman–Crippen MR) is 176 cm³/mol. The Morgan fingerprint density at radius 1 is 1.17 bits per heavy atom. The summed E-state index contributed by atoms with van der Waals surface area (Å²) in [6, 6.07) is 12.9. The van der Waals surface area contributed by atoms with E-state index in [-0.39, 0.29) is 24.5 Å². The highest BCUT2D eigenvalue weighted by molar-refractivity contribution is 9.10. The Morgan fingerprint density at radius 3 is 2.60 bits per heavy atom. The van der Waals surface area contributed by atoms with Gasteiger partial charge in [0.05, 0.1) is 40.9 Å². The third-order valence-corrected chi connectivity index (χ3v) is 7.47. The number of hydrogen-bond donors (Lipinski definition) is 4. The zero-order valence-electron chi connectivity index (χ0n) is 25.4. The third-order valence-electron chi connectivity index (χ3n) is 6.67. The molecule has 0 aliphatic carbocycles. The van der Waals surface area contributed by atoms with Gasteiger partial charge in [-0.3, -0.25) is 15.5 Å². The molecule has 248 valence electrons. The molecule has 1 heterocycles. The molecule has 3 aromatic rings. The SMILES string of the molecule is CCOc1cc([C@H]2NC(=O)NC(C)=C2C(=O)OC)ccc1OC[C@H](O)N/N=C/c1cc(Cl)cc(Br)c1OCc1ccc([N+](=O)[O-])cc1. The van der Waals surface area contributed by atoms with Crippen LogP contribution in [0, 0.1) is 10.1 Å². The second-order valence-corrected chi connectivity index (χ2v) is 11.2. The van der Waals surface area contributed by atoms with E-state index < -0.39 is 29.2 Å². The summed E-state index contributed by atoms with van der Waals surface area (Å²) in [7, 11) is 1.26. The van der Waals surface area contributed by atoms with Crippen molar-refractivity contribution in [3.63, 3.8) is 0 Å². The van der Waals surface area contributed by atoms with E-state index in [0.717, 1.165) is 0 Å². The van der Waals surface area contributed by atoms with Crippen LogP contribution in [0.15, 0.2) is 75.4 Å². The number of benzene rings is 3. The number of urea groups is 1. The molecular weight excluding hydrogens is 702 g/mol. The van der Waals surface area contributed by atoms with Gasteiger partial charge in [-0.05, 0) is 77.3 Å². The molecule has 1 aliphatic rings. The van der Waals surface area contributed by atoms with E-state index in [2.05, 4.69) is 37.1 Å². The lowest BCUT2D eigenvalue weighted by molar-refractivity contribution is -0.384. The zero-order valence-corrected chi connectivity index (χ0v) is 27.8. The number of esters is 1. The number of hydrazone groups is 1. The van der Waals surface area contributed by atoms with Gasteiger partial charge in [0.2, 0.25) is 0 Å². The predicted octanol–water partition coefficient (Wildman–Crippen LogP) is 5.11. The van der Waals surface area contributed by atoms with E-state index in [0.29, 0.717) is 55.7 Å². The van der Waals surface area contributed by atoms with Crippen LogP contribution in [-0.2, 0) is 16.1 Å². The standard InChI is InChI=1S/C31H31BrClN5O9/c1-4-45-25-12-19(28-27(30(40)44-3)17(2)35-31(41)36-28)7-10-24(25)46-16-26(39)37-34-14-20-11-21(33)13-23(32)29(20)47-15-18-5-8-22(9-6-18)38(42)43/h5-14,26,28,37,39H,4,15-16H2,1-3H3,(H2,35,36,41)/b34-14+/t26-,28+/m0/s1. The minimum absolute atomic E-state index is 0.0251. The van der Waals surface area contributed by atoms with E-state index in [1.54, 1.807) is 56.3 Å². The van der Waals surface area contributed by atoms with Gasteiger partial charge in [-0.2, -0.15) is 5.10 Å². The van der Waals surface area contributed by atoms with Gasteiger partial charge in [0.15, 0.2) is 17.7 Å². The molecule has 2 atom stereocenters. The molecule has 14 nitrogen and oxygen atoms in total. The topological polar surface area (TPSA) is 183 Å². The fraction of sp³-hybridized carbons (Fsp3) is 0.258. The first-order chi connectivity index (χ1) is 22.5. The Balaban J connectivity index is 1.42. The van der Waals surface area contributed by atoms with Gasteiger partial charge >= 0.3 is 12.0 Å². The number of aliphatic hydroxyl groups is 1. The van der Waals surface area contributed by atoms with E-state index in [1.165, 1.54) is 25.5 Å². The minimum Gasteiger partial charge on any atom is -0.490 e. The van der Waals surface area contributed by atoms with Crippen LogP contribution in [0.4, 0.5) is 10.5 Å². The maximum Gasteiger partial charge on any atom is 0.337 e. The van der Waals surface area contributed by atoms with Crippen LogP contribution in [0.5, 0.6) is 17.2 Å². The number of amides is 2.